The molecule has 4 aliphatic heterocycles. The van der Waals surface area contributed by atoms with E-state index in [1.807, 2.05) is 0 Å². The van der Waals surface area contributed by atoms with Gasteiger partial charge in [-0.3, -0.25) is 9.59 Å². The lowest BCUT2D eigenvalue weighted by molar-refractivity contribution is -0.125. The molecule has 1 N–H and O–H groups in total. The first-order valence-corrected chi connectivity index (χ1v) is 12.2. The Bertz CT molecular complexity index is 1120. The van der Waals surface area contributed by atoms with E-state index in [0.29, 0.717) is 38.0 Å². The summed E-state index contributed by atoms with van der Waals surface area (Å²) in [5, 5.41) is 4.52. The van der Waals surface area contributed by atoms with Gasteiger partial charge in [-0.2, -0.15) is 0 Å². The van der Waals surface area contributed by atoms with Gasteiger partial charge in [-0.15, -0.1) is 0 Å². The van der Waals surface area contributed by atoms with Gasteiger partial charge >= 0.3 is 0 Å². The normalized spacial score (nSPS) is 26.1. The molecule has 4 aliphatic rings. The number of fused-ring (bicyclic) bond motifs is 4. The highest BCUT2D eigenvalue weighted by Crippen LogP contribution is 2.41. The van der Waals surface area contributed by atoms with Crippen molar-refractivity contribution >= 4 is 52.3 Å². The molecule has 0 aliphatic carbocycles. The van der Waals surface area contributed by atoms with Gasteiger partial charge < -0.3 is 19.9 Å². The number of halogens is 3. The minimum absolute atomic E-state index is 0.0984. The number of nitrogens with zero attached hydrogens (tertiary/aromatic N) is 2. The molecule has 6 rings (SSSR count). The Labute approximate surface area is 207 Å². The van der Waals surface area contributed by atoms with Crippen molar-refractivity contribution in [3.8, 4) is 5.75 Å². The third-order valence-electron chi connectivity index (χ3n) is 6.79. The number of piperidine rings is 3. The summed E-state index contributed by atoms with van der Waals surface area (Å²) < 4.78 is 5.94. The molecule has 4 heterocycles. The van der Waals surface area contributed by atoms with Crippen molar-refractivity contribution in [2.24, 2.45) is 5.92 Å². The number of hydrogen-bond acceptors (Lipinski definition) is 4. The zero-order valence-electron chi connectivity index (χ0n) is 18.1. The summed E-state index contributed by atoms with van der Waals surface area (Å²) in [6.07, 6.45) is 1.43. The van der Waals surface area contributed by atoms with E-state index in [0.717, 1.165) is 38.0 Å². The van der Waals surface area contributed by atoms with Gasteiger partial charge in [-0.05, 0) is 68.6 Å². The summed E-state index contributed by atoms with van der Waals surface area (Å²) in [4.78, 5) is 30.3. The predicted molar refractivity (Wildman–Crippen MR) is 130 cm³/mol. The van der Waals surface area contributed by atoms with Crippen LogP contribution in [0.1, 0.15) is 35.7 Å². The number of nitrogens with one attached hydrogen (secondary N) is 1. The zero-order chi connectivity index (χ0) is 23.3. The number of carbonyl (C=O) groups is 2. The molecule has 2 aromatic carbocycles. The molecule has 0 saturated carbocycles. The molecule has 0 spiro atoms. The first kappa shape index (κ1) is 22.8. The fourth-order valence-electron chi connectivity index (χ4n) is 5.00. The lowest BCUT2D eigenvalue weighted by Crippen LogP contribution is -2.57. The van der Waals surface area contributed by atoms with Crippen molar-refractivity contribution in [1.29, 1.82) is 0 Å². The van der Waals surface area contributed by atoms with Crippen LogP contribution in [-0.2, 0) is 11.3 Å². The van der Waals surface area contributed by atoms with Crippen LogP contribution >= 0.6 is 34.8 Å². The van der Waals surface area contributed by atoms with Crippen LogP contribution in [0.5, 0.6) is 5.75 Å². The SMILES string of the molecule is CC1Oc2c(C(=O)NC3CN4CCC3CC4)cc(Cl)cc2N(Cc2ccc(Cl)cc2Cl)C1=O. The maximum absolute atomic E-state index is 13.4. The van der Waals surface area contributed by atoms with Crippen molar-refractivity contribution in [3.63, 3.8) is 0 Å². The van der Waals surface area contributed by atoms with Gasteiger partial charge in [0.25, 0.3) is 11.8 Å². The molecule has 0 radical (unpaired) electrons. The van der Waals surface area contributed by atoms with Crippen LogP contribution in [0.15, 0.2) is 30.3 Å². The fourth-order valence-corrected chi connectivity index (χ4v) is 5.68. The minimum atomic E-state index is -0.756. The number of rotatable bonds is 4. The molecule has 2 amide bonds. The summed E-state index contributed by atoms with van der Waals surface area (Å²) in [5.74, 6) is 0.368. The predicted octanol–water partition coefficient (Wildman–Crippen LogP) is 4.78. The lowest BCUT2D eigenvalue weighted by Gasteiger charge is -2.45. The first-order valence-electron chi connectivity index (χ1n) is 11.1. The molecule has 3 saturated heterocycles. The Morgan fingerprint density at radius 1 is 1.12 bits per heavy atom. The quantitative estimate of drug-likeness (QED) is 0.645. The molecular weight excluding hydrogens is 485 g/mol. The minimum Gasteiger partial charge on any atom is -0.478 e. The summed E-state index contributed by atoms with van der Waals surface area (Å²) in [6, 6.07) is 8.49. The molecule has 33 heavy (non-hydrogen) atoms. The van der Waals surface area contributed by atoms with Crippen LogP contribution in [0.4, 0.5) is 5.69 Å². The molecule has 2 aromatic rings. The van der Waals surface area contributed by atoms with Crippen LogP contribution in [0.25, 0.3) is 0 Å². The van der Waals surface area contributed by atoms with Gasteiger partial charge in [0.2, 0.25) is 0 Å². The van der Waals surface area contributed by atoms with Crippen molar-refractivity contribution in [2.75, 3.05) is 24.5 Å². The maximum Gasteiger partial charge on any atom is 0.268 e. The van der Waals surface area contributed by atoms with Crippen LogP contribution in [0.3, 0.4) is 0 Å². The molecule has 9 heteroatoms. The van der Waals surface area contributed by atoms with Gasteiger partial charge in [-0.1, -0.05) is 40.9 Å². The molecule has 2 atom stereocenters. The number of hydrogen-bond donors (Lipinski definition) is 1. The highest BCUT2D eigenvalue weighted by Gasteiger charge is 2.38. The van der Waals surface area contributed by atoms with Gasteiger partial charge in [0.1, 0.15) is 0 Å². The Hall–Kier alpha value is -1.99. The Morgan fingerprint density at radius 3 is 2.55 bits per heavy atom. The Balaban J connectivity index is 1.47. The third-order valence-corrected chi connectivity index (χ3v) is 7.60. The number of ether oxygens (including phenoxy) is 1. The highest BCUT2D eigenvalue weighted by molar-refractivity contribution is 6.35. The van der Waals surface area contributed by atoms with E-state index in [4.69, 9.17) is 39.5 Å². The summed E-state index contributed by atoms with van der Waals surface area (Å²) in [7, 11) is 0. The molecular formula is C24H24Cl3N3O3. The van der Waals surface area contributed by atoms with E-state index < -0.39 is 6.10 Å². The van der Waals surface area contributed by atoms with E-state index in [1.165, 1.54) is 0 Å². The molecule has 0 aromatic heterocycles. The molecule has 3 fully saturated rings. The van der Waals surface area contributed by atoms with Crippen molar-refractivity contribution in [2.45, 2.75) is 38.5 Å². The Morgan fingerprint density at radius 2 is 1.88 bits per heavy atom. The van der Waals surface area contributed by atoms with E-state index in [-0.39, 0.29) is 24.4 Å². The summed E-state index contributed by atoms with van der Waals surface area (Å²) in [5.41, 5.74) is 1.52. The second-order valence-corrected chi connectivity index (χ2v) is 10.2. The van der Waals surface area contributed by atoms with Gasteiger partial charge in [-0.25, -0.2) is 0 Å². The maximum atomic E-state index is 13.4. The average molecular weight is 509 g/mol. The highest BCUT2D eigenvalue weighted by atomic mass is 35.5. The second-order valence-electron chi connectivity index (χ2n) is 8.94. The fraction of sp³-hybridized carbons (Fsp3) is 0.417. The van der Waals surface area contributed by atoms with Crippen LogP contribution in [0, 0.1) is 5.92 Å². The number of carbonyl (C=O) groups excluding carboxylic acids is 2. The van der Waals surface area contributed by atoms with Crippen molar-refractivity contribution in [3.05, 3.63) is 56.5 Å². The van der Waals surface area contributed by atoms with E-state index in [1.54, 1.807) is 42.2 Å². The van der Waals surface area contributed by atoms with Gasteiger partial charge in [0, 0.05) is 27.7 Å². The van der Waals surface area contributed by atoms with E-state index in [2.05, 4.69) is 10.2 Å². The van der Waals surface area contributed by atoms with Crippen LogP contribution in [0.2, 0.25) is 15.1 Å². The average Bonchev–Trinajstić information content (AvgIpc) is 2.79. The first-order chi connectivity index (χ1) is 15.8. The smallest absolute Gasteiger partial charge is 0.268 e. The van der Waals surface area contributed by atoms with Crippen LogP contribution in [-0.4, -0.2) is 48.5 Å². The summed E-state index contributed by atoms with van der Waals surface area (Å²) >= 11 is 18.8. The number of anilines is 1. The van der Waals surface area contributed by atoms with Crippen molar-refractivity contribution in [1.82, 2.24) is 10.2 Å². The number of benzene rings is 2. The standard InChI is InChI=1S/C24H24Cl3N3O3/c1-13-24(32)30(11-15-2-3-16(25)9-19(15)27)21-10-17(26)8-18(22(21)33-13)23(31)28-20-12-29-6-4-14(20)5-7-29/h2-3,8-10,13-14,20H,4-7,11-12H2,1H3,(H,28,31). The van der Waals surface area contributed by atoms with Crippen molar-refractivity contribution < 1.29 is 14.3 Å². The second kappa shape index (κ2) is 8.99. The van der Waals surface area contributed by atoms with E-state index in [9.17, 15) is 9.59 Å². The van der Waals surface area contributed by atoms with Crippen LogP contribution < -0.4 is 15.0 Å². The summed E-state index contributed by atoms with van der Waals surface area (Å²) in [6.45, 7) is 4.92. The molecule has 2 bridgehead atoms. The lowest BCUT2D eigenvalue weighted by atomic mass is 9.84. The van der Waals surface area contributed by atoms with Gasteiger partial charge in [0.05, 0.1) is 17.8 Å². The molecule has 6 nitrogen and oxygen atoms in total. The monoisotopic (exact) mass is 507 g/mol. The zero-order valence-corrected chi connectivity index (χ0v) is 20.4. The molecule has 2 unspecified atom stereocenters. The topological polar surface area (TPSA) is 61.9 Å². The third kappa shape index (κ3) is 4.42. The largest absolute Gasteiger partial charge is 0.478 e. The Kier molecular flexibility index (Phi) is 6.21. The molecule has 174 valence electrons. The van der Waals surface area contributed by atoms with Gasteiger partial charge in [0.15, 0.2) is 11.9 Å². The van der Waals surface area contributed by atoms with E-state index >= 15 is 0 Å². The number of amides is 2.